The van der Waals surface area contributed by atoms with Crippen molar-refractivity contribution in [3.63, 3.8) is 0 Å². The molecule has 1 heterocycles. The lowest BCUT2D eigenvalue weighted by molar-refractivity contribution is -0.130. The molecule has 1 aromatic rings. The summed E-state index contributed by atoms with van der Waals surface area (Å²) in [5.41, 5.74) is -1.99. The lowest BCUT2D eigenvalue weighted by Crippen LogP contribution is -2.27. The lowest BCUT2D eigenvalue weighted by atomic mass is 10.0. The van der Waals surface area contributed by atoms with Crippen LogP contribution in [-0.4, -0.2) is 18.0 Å². The summed E-state index contributed by atoms with van der Waals surface area (Å²) in [5, 5.41) is 1.65. The van der Waals surface area contributed by atoms with Crippen LogP contribution in [0.1, 0.15) is 5.56 Å². The van der Waals surface area contributed by atoms with E-state index < -0.39 is 29.1 Å². The van der Waals surface area contributed by atoms with Crippen molar-refractivity contribution in [2.75, 3.05) is 0 Å². The molecule has 0 unspecified atom stereocenters. The van der Waals surface area contributed by atoms with Crippen LogP contribution in [0.2, 0.25) is 0 Å². The van der Waals surface area contributed by atoms with Crippen molar-refractivity contribution < 1.29 is 22.8 Å². The Morgan fingerprint density at radius 3 is 2.06 bits per heavy atom. The molecule has 0 saturated heterocycles. The number of hydrogen-bond acceptors (Lipinski definition) is 2. The van der Waals surface area contributed by atoms with Crippen LogP contribution in [0.15, 0.2) is 35.9 Å². The van der Waals surface area contributed by atoms with Crippen molar-refractivity contribution >= 4 is 17.4 Å². The van der Waals surface area contributed by atoms with Crippen molar-refractivity contribution in [2.45, 2.75) is 6.18 Å². The minimum absolute atomic E-state index is 0.0724. The summed E-state index contributed by atoms with van der Waals surface area (Å²) in [6.07, 6.45) is -4.85. The molecule has 1 aliphatic heterocycles. The smallest absolute Gasteiger partial charge is 0.288 e. The Hall–Kier alpha value is -2.11. The molecule has 1 aliphatic rings. The lowest BCUT2D eigenvalue weighted by Gasteiger charge is -2.07. The van der Waals surface area contributed by atoms with Crippen LogP contribution in [0.5, 0.6) is 0 Å². The van der Waals surface area contributed by atoms with Gasteiger partial charge in [-0.05, 0) is 5.56 Å². The molecule has 1 aromatic carbocycles. The molecular formula is C11H6F3NO2. The number of amides is 2. The maximum atomic E-state index is 12.6. The number of rotatable bonds is 1. The number of imide groups is 1. The topological polar surface area (TPSA) is 46.2 Å². The van der Waals surface area contributed by atoms with Gasteiger partial charge in [0.05, 0.1) is 5.57 Å². The molecule has 0 fully saturated rings. The first-order chi connectivity index (χ1) is 7.91. The molecule has 0 spiro atoms. The van der Waals surface area contributed by atoms with Crippen LogP contribution in [0, 0.1) is 0 Å². The highest BCUT2D eigenvalue weighted by atomic mass is 19.4. The zero-order chi connectivity index (χ0) is 12.6. The summed E-state index contributed by atoms with van der Waals surface area (Å²) in [7, 11) is 0. The van der Waals surface area contributed by atoms with Crippen molar-refractivity contribution in [3.05, 3.63) is 41.5 Å². The Morgan fingerprint density at radius 2 is 1.53 bits per heavy atom. The van der Waals surface area contributed by atoms with Gasteiger partial charge >= 0.3 is 6.18 Å². The van der Waals surface area contributed by atoms with Crippen molar-refractivity contribution in [1.82, 2.24) is 5.32 Å². The predicted molar refractivity (Wildman–Crippen MR) is 52.6 cm³/mol. The van der Waals surface area contributed by atoms with Crippen LogP contribution in [0.3, 0.4) is 0 Å². The first-order valence-corrected chi connectivity index (χ1v) is 4.64. The third kappa shape index (κ3) is 1.93. The third-order valence-corrected chi connectivity index (χ3v) is 2.28. The molecule has 0 radical (unpaired) electrons. The molecule has 2 amide bonds. The van der Waals surface area contributed by atoms with Gasteiger partial charge in [-0.3, -0.25) is 14.9 Å². The number of hydrogen-bond donors (Lipinski definition) is 1. The maximum absolute atomic E-state index is 12.6. The number of halogens is 3. The summed E-state index contributed by atoms with van der Waals surface area (Å²) < 4.78 is 37.9. The predicted octanol–water partition coefficient (Wildman–Crippen LogP) is 1.66. The molecule has 88 valence electrons. The van der Waals surface area contributed by atoms with Crippen LogP contribution >= 0.6 is 0 Å². The van der Waals surface area contributed by atoms with Crippen LogP contribution in [0.25, 0.3) is 5.57 Å². The second-order valence-electron chi connectivity index (χ2n) is 3.40. The Morgan fingerprint density at radius 1 is 0.941 bits per heavy atom. The summed E-state index contributed by atoms with van der Waals surface area (Å²) >= 11 is 0. The SMILES string of the molecule is O=C1NC(=O)C(C(F)(F)F)=C1c1ccccc1. The second kappa shape index (κ2) is 3.73. The zero-order valence-electron chi connectivity index (χ0n) is 8.34. The van der Waals surface area contributed by atoms with Gasteiger partial charge < -0.3 is 0 Å². The highest BCUT2D eigenvalue weighted by Gasteiger charge is 2.47. The third-order valence-electron chi connectivity index (χ3n) is 2.28. The van der Waals surface area contributed by atoms with Gasteiger partial charge in [0.2, 0.25) is 0 Å². The van der Waals surface area contributed by atoms with Gasteiger partial charge in [0, 0.05) is 0 Å². The number of nitrogens with one attached hydrogen (secondary N) is 1. The fraction of sp³-hybridized carbons (Fsp3) is 0.0909. The molecule has 3 nitrogen and oxygen atoms in total. The van der Waals surface area contributed by atoms with Gasteiger partial charge in [0.1, 0.15) is 5.57 Å². The molecule has 1 N–H and O–H groups in total. The van der Waals surface area contributed by atoms with Gasteiger partial charge in [-0.2, -0.15) is 13.2 Å². The maximum Gasteiger partial charge on any atom is 0.422 e. The van der Waals surface area contributed by atoms with E-state index in [9.17, 15) is 22.8 Å². The van der Waals surface area contributed by atoms with Crippen LogP contribution < -0.4 is 5.32 Å². The molecular weight excluding hydrogens is 235 g/mol. The summed E-state index contributed by atoms with van der Waals surface area (Å²) in [6.45, 7) is 0. The van der Waals surface area contributed by atoms with Gasteiger partial charge in [0.25, 0.3) is 11.8 Å². The van der Waals surface area contributed by atoms with Crippen molar-refractivity contribution in [2.24, 2.45) is 0 Å². The van der Waals surface area contributed by atoms with Gasteiger partial charge in [-0.25, -0.2) is 0 Å². The molecule has 17 heavy (non-hydrogen) atoms. The fourth-order valence-electron chi connectivity index (χ4n) is 1.61. The monoisotopic (exact) mass is 241 g/mol. The van der Waals surface area contributed by atoms with Crippen molar-refractivity contribution in [1.29, 1.82) is 0 Å². The largest absolute Gasteiger partial charge is 0.422 e. The molecule has 0 atom stereocenters. The number of carbonyl (C=O) groups excluding carboxylic acids is 2. The van der Waals surface area contributed by atoms with Gasteiger partial charge in [-0.1, -0.05) is 30.3 Å². The van der Waals surface area contributed by atoms with Gasteiger partial charge in [0.15, 0.2) is 0 Å². The van der Waals surface area contributed by atoms with E-state index in [2.05, 4.69) is 0 Å². The van der Waals surface area contributed by atoms with E-state index in [1.54, 1.807) is 11.4 Å². The molecule has 0 aliphatic carbocycles. The molecule has 2 rings (SSSR count). The minimum Gasteiger partial charge on any atom is -0.288 e. The first kappa shape index (κ1) is 11.4. The highest BCUT2D eigenvalue weighted by molar-refractivity contribution is 6.36. The Balaban J connectivity index is 2.65. The Labute approximate surface area is 93.9 Å². The average molecular weight is 241 g/mol. The normalized spacial score (nSPS) is 16.4. The quantitative estimate of drug-likeness (QED) is 0.760. The summed E-state index contributed by atoms with van der Waals surface area (Å²) in [4.78, 5) is 22.5. The Bertz CT molecular complexity index is 517. The number of alkyl halides is 3. The molecule has 0 saturated carbocycles. The molecule has 6 heteroatoms. The van der Waals surface area contributed by atoms with E-state index >= 15 is 0 Å². The van der Waals surface area contributed by atoms with Crippen molar-refractivity contribution in [3.8, 4) is 0 Å². The summed E-state index contributed by atoms with van der Waals surface area (Å²) in [6, 6.07) is 7.28. The zero-order valence-corrected chi connectivity index (χ0v) is 8.34. The van der Waals surface area contributed by atoms with E-state index in [1.807, 2.05) is 0 Å². The van der Waals surface area contributed by atoms with Crippen LogP contribution in [-0.2, 0) is 9.59 Å². The highest BCUT2D eigenvalue weighted by Crippen LogP contribution is 2.35. The minimum atomic E-state index is -4.85. The van der Waals surface area contributed by atoms with Gasteiger partial charge in [-0.15, -0.1) is 0 Å². The number of carbonyl (C=O) groups is 2. The first-order valence-electron chi connectivity index (χ1n) is 4.64. The van der Waals surface area contributed by atoms with E-state index in [4.69, 9.17) is 0 Å². The fourth-order valence-corrected chi connectivity index (χ4v) is 1.61. The second-order valence-corrected chi connectivity index (χ2v) is 3.40. The van der Waals surface area contributed by atoms with E-state index in [0.717, 1.165) is 0 Å². The molecule has 0 aromatic heterocycles. The van der Waals surface area contributed by atoms with E-state index in [-0.39, 0.29) is 5.56 Å². The average Bonchev–Trinajstić information content (AvgIpc) is 2.54. The Kier molecular flexibility index (Phi) is 2.49. The summed E-state index contributed by atoms with van der Waals surface area (Å²) in [5.74, 6) is -2.42. The molecule has 0 bridgehead atoms. The van der Waals surface area contributed by atoms with Crippen LogP contribution in [0.4, 0.5) is 13.2 Å². The standard InChI is InChI=1S/C11H6F3NO2/c12-11(13,14)8-7(9(16)15-10(8)17)6-4-2-1-3-5-6/h1-5H,(H,15,16,17). The van der Waals surface area contributed by atoms with E-state index in [1.165, 1.54) is 24.3 Å². The van der Waals surface area contributed by atoms with E-state index in [0.29, 0.717) is 0 Å². The number of benzene rings is 1.